The number of aliphatic carboxylic acids is 1. The standard InChI is InChI=1S/C23H36BrNO4/c1-3-5-6-7-8-9-10-11-16-22(26)25(24)20-14-12-13-15-21(20)29-18-17-19(4-2)23(27)28/h12-15,19H,3-11,16-18H2,1-2H3,(H,27,28). The van der Waals surface area contributed by atoms with E-state index < -0.39 is 11.9 Å². The average Bonchev–Trinajstić information content (AvgIpc) is 2.72. The molecule has 0 aliphatic rings. The van der Waals surface area contributed by atoms with Gasteiger partial charge in [0, 0.05) is 6.42 Å². The molecule has 1 aromatic rings. The van der Waals surface area contributed by atoms with E-state index in [1.807, 2.05) is 25.1 Å². The lowest BCUT2D eigenvalue weighted by Crippen LogP contribution is -2.21. The van der Waals surface area contributed by atoms with Crippen LogP contribution in [0.2, 0.25) is 0 Å². The molecular formula is C23H36BrNO4. The molecule has 6 heteroatoms. The molecule has 164 valence electrons. The number of hydrogen-bond acceptors (Lipinski definition) is 3. The fourth-order valence-corrected chi connectivity index (χ4v) is 3.67. The normalized spacial score (nSPS) is 11.8. The highest BCUT2D eigenvalue weighted by molar-refractivity contribution is 9.10. The molecule has 29 heavy (non-hydrogen) atoms. The Kier molecular flexibility index (Phi) is 13.4. The fraction of sp³-hybridized carbons (Fsp3) is 0.652. The fourth-order valence-electron chi connectivity index (χ4n) is 3.20. The largest absolute Gasteiger partial charge is 0.491 e. The molecule has 0 heterocycles. The summed E-state index contributed by atoms with van der Waals surface area (Å²) in [6, 6.07) is 7.32. The smallest absolute Gasteiger partial charge is 0.306 e. The zero-order valence-electron chi connectivity index (χ0n) is 17.9. The number of unbranched alkanes of at least 4 members (excludes halogenated alkanes) is 7. The van der Waals surface area contributed by atoms with Gasteiger partial charge in [-0.05, 0) is 31.4 Å². The lowest BCUT2D eigenvalue weighted by molar-refractivity contribution is -0.142. The molecule has 1 unspecified atom stereocenters. The predicted molar refractivity (Wildman–Crippen MR) is 122 cm³/mol. The van der Waals surface area contributed by atoms with E-state index in [1.165, 1.54) is 42.5 Å². The first-order chi connectivity index (χ1) is 14.0. The summed E-state index contributed by atoms with van der Waals surface area (Å²) in [5, 5.41) is 9.14. The second-order valence-corrected chi connectivity index (χ2v) is 8.16. The van der Waals surface area contributed by atoms with Gasteiger partial charge in [0.25, 0.3) is 0 Å². The van der Waals surface area contributed by atoms with Gasteiger partial charge in [0.2, 0.25) is 5.91 Å². The third-order valence-electron chi connectivity index (χ3n) is 5.11. The van der Waals surface area contributed by atoms with Gasteiger partial charge in [-0.25, -0.2) is 3.93 Å². The van der Waals surface area contributed by atoms with Gasteiger partial charge >= 0.3 is 5.97 Å². The molecule has 0 saturated heterocycles. The number of ether oxygens (including phenoxy) is 1. The van der Waals surface area contributed by atoms with Crippen molar-refractivity contribution in [1.82, 2.24) is 0 Å². The first kappa shape index (κ1) is 25.5. The summed E-state index contributed by atoms with van der Waals surface area (Å²) in [5.74, 6) is -0.629. The molecule has 0 radical (unpaired) electrons. The molecule has 0 aliphatic carbocycles. The van der Waals surface area contributed by atoms with Crippen LogP contribution in [0, 0.1) is 5.92 Å². The molecule has 0 aromatic heterocycles. The van der Waals surface area contributed by atoms with Crippen LogP contribution in [-0.2, 0) is 9.59 Å². The van der Waals surface area contributed by atoms with Gasteiger partial charge in [-0.1, -0.05) is 70.9 Å². The van der Waals surface area contributed by atoms with Crippen molar-refractivity contribution in [3.05, 3.63) is 24.3 Å². The third kappa shape index (κ3) is 10.2. The van der Waals surface area contributed by atoms with Crippen LogP contribution in [0.1, 0.15) is 84.5 Å². The van der Waals surface area contributed by atoms with E-state index >= 15 is 0 Å². The Hall–Kier alpha value is -1.56. The van der Waals surface area contributed by atoms with Gasteiger partial charge in [0.15, 0.2) is 0 Å². The van der Waals surface area contributed by atoms with Gasteiger partial charge in [0.1, 0.15) is 5.75 Å². The minimum Gasteiger partial charge on any atom is -0.491 e. The second kappa shape index (κ2) is 15.3. The Bertz CT molecular complexity index is 608. The van der Waals surface area contributed by atoms with E-state index in [0.717, 1.165) is 12.8 Å². The average molecular weight is 470 g/mol. The van der Waals surface area contributed by atoms with Crippen LogP contribution >= 0.6 is 16.1 Å². The van der Waals surface area contributed by atoms with Crippen molar-refractivity contribution in [2.24, 2.45) is 5.92 Å². The summed E-state index contributed by atoms with van der Waals surface area (Å²) in [4.78, 5) is 23.7. The number of hydrogen-bond donors (Lipinski definition) is 1. The van der Waals surface area contributed by atoms with Crippen molar-refractivity contribution in [2.45, 2.75) is 84.5 Å². The molecule has 1 rings (SSSR count). The number of rotatable bonds is 16. The van der Waals surface area contributed by atoms with Crippen LogP contribution in [0.3, 0.4) is 0 Å². The van der Waals surface area contributed by atoms with E-state index in [-0.39, 0.29) is 5.91 Å². The Morgan fingerprint density at radius 1 is 1.03 bits per heavy atom. The lowest BCUT2D eigenvalue weighted by atomic mass is 10.0. The number of carbonyl (C=O) groups excluding carboxylic acids is 1. The van der Waals surface area contributed by atoms with E-state index in [4.69, 9.17) is 9.84 Å². The highest BCUT2D eigenvalue weighted by atomic mass is 79.9. The zero-order chi connectivity index (χ0) is 21.5. The second-order valence-electron chi connectivity index (χ2n) is 7.45. The van der Waals surface area contributed by atoms with Crippen LogP contribution in [-0.4, -0.2) is 23.6 Å². The lowest BCUT2D eigenvalue weighted by Gasteiger charge is -2.19. The Balaban J connectivity index is 2.43. The minimum atomic E-state index is -0.799. The molecule has 0 bridgehead atoms. The van der Waals surface area contributed by atoms with Crippen molar-refractivity contribution in [2.75, 3.05) is 10.5 Å². The molecular weight excluding hydrogens is 434 g/mol. The number of nitrogens with zero attached hydrogens (tertiary/aromatic N) is 1. The number of anilines is 1. The van der Waals surface area contributed by atoms with Crippen molar-refractivity contribution >= 4 is 33.7 Å². The van der Waals surface area contributed by atoms with Crippen LogP contribution in [0.5, 0.6) is 5.75 Å². The Labute approximate surface area is 184 Å². The number of carboxylic acids is 1. The highest BCUT2D eigenvalue weighted by Crippen LogP contribution is 2.31. The molecule has 5 nitrogen and oxygen atoms in total. The molecule has 1 N–H and O–H groups in total. The number of para-hydroxylation sites is 2. The van der Waals surface area contributed by atoms with Crippen LogP contribution in [0.4, 0.5) is 5.69 Å². The summed E-state index contributed by atoms with van der Waals surface area (Å²) in [6.45, 7) is 4.38. The van der Waals surface area contributed by atoms with E-state index in [0.29, 0.717) is 37.3 Å². The summed E-state index contributed by atoms with van der Waals surface area (Å²) in [6.07, 6.45) is 11.1. The molecule has 0 spiro atoms. The maximum atomic E-state index is 12.5. The van der Waals surface area contributed by atoms with Crippen LogP contribution < -0.4 is 8.66 Å². The summed E-state index contributed by atoms with van der Waals surface area (Å²) >= 11 is 3.38. The Morgan fingerprint density at radius 2 is 1.66 bits per heavy atom. The number of amides is 1. The monoisotopic (exact) mass is 469 g/mol. The molecule has 0 saturated carbocycles. The van der Waals surface area contributed by atoms with Crippen molar-refractivity contribution in [3.63, 3.8) is 0 Å². The van der Waals surface area contributed by atoms with Crippen molar-refractivity contribution in [1.29, 1.82) is 0 Å². The Morgan fingerprint density at radius 3 is 2.28 bits per heavy atom. The topological polar surface area (TPSA) is 66.8 Å². The van der Waals surface area contributed by atoms with Crippen molar-refractivity contribution in [3.8, 4) is 5.75 Å². The molecule has 0 aliphatic heterocycles. The molecule has 1 aromatic carbocycles. The van der Waals surface area contributed by atoms with Crippen LogP contribution in [0.15, 0.2) is 24.3 Å². The number of halogens is 1. The molecule has 1 atom stereocenters. The van der Waals surface area contributed by atoms with Gasteiger partial charge in [0.05, 0.1) is 34.4 Å². The van der Waals surface area contributed by atoms with Crippen molar-refractivity contribution < 1.29 is 19.4 Å². The number of carbonyl (C=O) groups is 2. The molecule has 0 fully saturated rings. The van der Waals surface area contributed by atoms with E-state index in [1.54, 1.807) is 6.07 Å². The third-order valence-corrected chi connectivity index (χ3v) is 5.88. The first-order valence-electron chi connectivity index (χ1n) is 10.9. The highest BCUT2D eigenvalue weighted by Gasteiger charge is 2.18. The zero-order valence-corrected chi connectivity index (χ0v) is 19.5. The SMILES string of the molecule is CCCCCCCCCCC(=O)N(Br)c1ccccc1OCCC(CC)C(=O)O. The summed E-state index contributed by atoms with van der Waals surface area (Å²) in [5.41, 5.74) is 0.653. The van der Waals surface area contributed by atoms with E-state index in [2.05, 4.69) is 23.1 Å². The first-order valence-corrected chi connectivity index (χ1v) is 11.7. The quantitative estimate of drug-likeness (QED) is 0.215. The maximum absolute atomic E-state index is 12.5. The molecule has 1 amide bonds. The van der Waals surface area contributed by atoms with Crippen LogP contribution in [0.25, 0.3) is 0 Å². The van der Waals surface area contributed by atoms with Gasteiger partial charge in [-0.3, -0.25) is 9.59 Å². The number of carboxylic acid groups (broad SMARTS) is 1. The van der Waals surface area contributed by atoms with Gasteiger partial charge in [-0.2, -0.15) is 0 Å². The van der Waals surface area contributed by atoms with Gasteiger partial charge in [-0.15, -0.1) is 0 Å². The van der Waals surface area contributed by atoms with E-state index in [9.17, 15) is 9.59 Å². The predicted octanol–water partition coefficient (Wildman–Crippen LogP) is 6.74. The number of benzene rings is 1. The maximum Gasteiger partial charge on any atom is 0.306 e. The summed E-state index contributed by atoms with van der Waals surface area (Å²) < 4.78 is 7.26. The van der Waals surface area contributed by atoms with Gasteiger partial charge < -0.3 is 9.84 Å². The minimum absolute atomic E-state index is 0.00371. The summed E-state index contributed by atoms with van der Waals surface area (Å²) in [7, 11) is 0.